The molecular formula is C13H8ClF3O3S. The number of hydrogen-bond acceptors (Lipinski definition) is 3. The summed E-state index contributed by atoms with van der Waals surface area (Å²) < 4.78 is 43.7. The highest BCUT2D eigenvalue weighted by Gasteiger charge is 2.31. The van der Waals surface area contributed by atoms with E-state index in [1.54, 1.807) is 11.4 Å². The minimum Gasteiger partial charge on any atom is -0.481 e. The van der Waals surface area contributed by atoms with Crippen molar-refractivity contribution in [2.24, 2.45) is 0 Å². The van der Waals surface area contributed by atoms with Crippen LogP contribution in [0.25, 0.3) is 11.1 Å². The van der Waals surface area contributed by atoms with Gasteiger partial charge in [0.15, 0.2) is 6.61 Å². The first-order valence-electron chi connectivity index (χ1n) is 5.58. The number of carboxylic acid groups (broad SMARTS) is 1. The molecule has 0 unspecified atom stereocenters. The Morgan fingerprint density at radius 1 is 1.29 bits per heavy atom. The molecule has 0 fully saturated rings. The van der Waals surface area contributed by atoms with Gasteiger partial charge in [-0.3, -0.25) is 0 Å². The second kappa shape index (κ2) is 5.95. The monoisotopic (exact) mass is 336 g/mol. The molecule has 8 heteroatoms. The van der Waals surface area contributed by atoms with Gasteiger partial charge in [0.2, 0.25) is 0 Å². The predicted octanol–water partition coefficient (Wildman–Crippen LogP) is 4.55. The Morgan fingerprint density at radius 2 is 2.00 bits per heavy atom. The van der Waals surface area contributed by atoms with Gasteiger partial charge in [-0.1, -0.05) is 11.6 Å². The average molecular weight is 337 g/mol. The third-order valence-electron chi connectivity index (χ3n) is 2.57. The zero-order valence-corrected chi connectivity index (χ0v) is 11.9. The smallest absolute Gasteiger partial charge is 0.416 e. The van der Waals surface area contributed by atoms with E-state index in [1.165, 1.54) is 0 Å². The second-order valence-electron chi connectivity index (χ2n) is 4.00. The molecule has 112 valence electrons. The minimum absolute atomic E-state index is 0.0331. The third kappa shape index (κ3) is 3.68. The number of carbonyl (C=O) groups is 1. The fraction of sp³-hybridized carbons (Fsp3) is 0.154. The van der Waals surface area contributed by atoms with Crippen molar-refractivity contribution in [3.8, 4) is 16.9 Å². The number of carboxylic acids is 1. The molecule has 1 N–H and O–H groups in total. The Bertz CT molecular complexity index is 667. The van der Waals surface area contributed by atoms with Crippen molar-refractivity contribution >= 4 is 28.9 Å². The van der Waals surface area contributed by atoms with Crippen LogP contribution < -0.4 is 4.74 Å². The summed E-state index contributed by atoms with van der Waals surface area (Å²) in [5.74, 6) is -1.19. The number of rotatable bonds is 4. The van der Waals surface area contributed by atoms with Gasteiger partial charge in [0.1, 0.15) is 10.1 Å². The van der Waals surface area contributed by atoms with Crippen molar-refractivity contribution < 1.29 is 27.8 Å². The molecule has 21 heavy (non-hydrogen) atoms. The average Bonchev–Trinajstić information content (AvgIpc) is 2.81. The van der Waals surface area contributed by atoms with Gasteiger partial charge >= 0.3 is 12.1 Å². The van der Waals surface area contributed by atoms with Gasteiger partial charge in [-0.05, 0) is 29.6 Å². The number of benzene rings is 1. The molecule has 0 aliphatic rings. The molecule has 0 spiro atoms. The van der Waals surface area contributed by atoms with E-state index in [1.807, 2.05) is 0 Å². The van der Waals surface area contributed by atoms with Gasteiger partial charge < -0.3 is 9.84 Å². The Balaban J connectivity index is 2.50. The summed E-state index contributed by atoms with van der Waals surface area (Å²) in [6.45, 7) is -0.653. The van der Waals surface area contributed by atoms with E-state index < -0.39 is 24.3 Å². The minimum atomic E-state index is -4.51. The first-order chi connectivity index (χ1) is 9.79. The molecule has 1 heterocycles. The van der Waals surface area contributed by atoms with E-state index in [-0.39, 0.29) is 11.3 Å². The van der Waals surface area contributed by atoms with Crippen molar-refractivity contribution in [1.82, 2.24) is 0 Å². The lowest BCUT2D eigenvalue weighted by atomic mass is 10.0. The van der Waals surface area contributed by atoms with Crippen LogP contribution in [0.3, 0.4) is 0 Å². The van der Waals surface area contributed by atoms with Crippen LogP contribution in [0.4, 0.5) is 13.2 Å². The second-order valence-corrected chi connectivity index (χ2v) is 5.52. The number of alkyl halides is 3. The molecule has 0 atom stereocenters. The molecule has 0 radical (unpaired) electrons. The third-order valence-corrected chi connectivity index (χ3v) is 3.74. The highest BCUT2D eigenvalue weighted by Crippen LogP contribution is 2.41. The van der Waals surface area contributed by atoms with Gasteiger partial charge in [-0.15, -0.1) is 11.3 Å². The standard InChI is InChI=1S/C13H8ClF3O3S/c14-12-8(3-4-21-12)9-5-7(13(15,16)17)1-2-10(9)20-6-11(18)19/h1-5H,6H2,(H,18,19). The van der Waals surface area contributed by atoms with Crippen LogP contribution in [0.15, 0.2) is 29.6 Å². The van der Waals surface area contributed by atoms with E-state index in [4.69, 9.17) is 21.4 Å². The number of aliphatic carboxylic acids is 1. The van der Waals surface area contributed by atoms with E-state index in [0.717, 1.165) is 29.5 Å². The maximum atomic E-state index is 12.8. The maximum absolute atomic E-state index is 12.8. The predicted molar refractivity (Wildman–Crippen MR) is 72.9 cm³/mol. The molecule has 2 rings (SSSR count). The van der Waals surface area contributed by atoms with Crippen molar-refractivity contribution in [2.75, 3.05) is 6.61 Å². The fourth-order valence-electron chi connectivity index (χ4n) is 1.67. The molecule has 0 bridgehead atoms. The first kappa shape index (κ1) is 15.7. The van der Waals surface area contributed by atoms with Crippen LogP contribution in [0.2, 0.25) is 4.34 Å². The molecular weight excluding hydrogens is 329 g/mol. The van der Waals surface area contributed by atoms with Gasteiger partial charge in [-0.2, -0.15) is 13.2 Å². The van der Waals surface area contributed by atoms with Crippen LogP contribution in [0, 0.1) is 0 Å². The zero-order valence-electron chi connectivity index (χ0n) is 10.3. The van der Waals surface area contributed by atoms with Gasteiger partial charge in [0, 0.05) is 11.1 Å². The SMILES string of the molecule is O=C(O)COc1ccc(C(F)(F)F)cc1-c1ccsc1Cl. The quantitative estimate of drug-likeness (QED) is 0.891. The zero-order chi connectivity index (χ0) is 15.6. The molecule has 3 nitrogen and oxygen atoms in total. The van der Waals surface area contributed by atoms with E-state index in [2.05, 4.69) is 0 Å². The highest BCUT2D eigenvalue weighted by atomic mass is 35.5. The summed E-state index contributed by atoms with van der Waals surface area (Å²) in [5.41, 5.74) is -0.382. The lowest BCUT2D eigenvalue weighted by Gasteiger charge is -2.13. The van der Waals surface area contributed by atoms with Crippen LogP contribution in [-0.4, -0.2) is 17.7 Å². The van der Waals surface area contributed by atoms with Gasteiger partial charge in [0.25, 0.3) is 0 Å². The van der Waals surface area contributed by atoms with Gasteiger partial charge in [0.05, 0.1) is 5.56 Å². The molecule has 0 aliphatic carbocycles. The first-order valence-corrected chi connectivity index (χ1v) is 6.84. The Morgan fingerprint density at radius 3 is 2.52 bits per heavy atom. The Kier molecular flexibility index (Phi) is 4.43. The Hall–Kier alpha value is -1.73. The molecule has 0 amide bonds. The Labute approximate surface area is 126 Å². The summed E-state index contributed by atoms with van der Waals surface area (Å²) in [6.07, 6.45) is -4.51. The summed E-state index contributed by atoms with van der Waals surface area (Å²) in [6, 6.07) is 4.37. The largest absolute Gasteiger partial charge is 0.481 e. The van der Waals surface area contributed by atoms with E-state index in [0.29, 0.717) is 9.90 Å². The molecule has 0 aliphatic heterocycles. The summed E-state index contributed by atoms with van der Waals surface area (Å²) in [7, 11) is 0. The number of halogens is 4. The molecule has 0 saturated carbocycles. The topological polar surface area (TPSA) is 46.5 Å². The van der Waals surface area contributed by atoms with E-state index in [9.17, 15) is 18.0 Å². The van der Waals surface area contributed by atoms with Crippen molar-refractivity contribution in [3.63, 3.8) is 0 Å². The van der Waals surface area contributed by atoms with Crippen LogP contribution >= 0.6 is 22.9 Å². The molecule has 1 aromatic heterocycles. The van der Waals surface area contributed by atoms with Crippen LogP contribution in [0.5, 0.6) is 5.75 Å². The van der Waals surface area contributed by atoms with Crippen molar-refractivity contribution in [1.29, 1.82) is 0 Å². The summed E-state index contributed by atoms with van der Waals surface area (Å²) in [4.78, 5) is 10.5. The molecule has 1 aromatic carbocycles. The summed E-state index contributed by atoms with van der Waals surface area (Å²) in [5, 5.41) is 10.2. The molecule has 0 saturated heterocycles. The van der Waals surface area contributed by atoms with Crippen LogP contribution in [0.1, 0.15) is 5.56 Å². The van der Waals surface area contributed by atoms with Crippen molar-refractivity contribution in [3.05, 3.63) is 39.5 Å². The maximum Gasteiger partial charge on any atom is 0.416 e. The van der Waals surface area contributed by atoms with Crippen molar-refractivity contribution in [2.45, 2.75) is 6.18 Å². The molecule has 2 aromatic rings. The lowest BCUT2D eigenvalue weighted by Crippen LogP contribution is -2.11. The number of hydrogen-bond donors (Lipinski definition) is 1. The van der Waals surface area contributed by atoms with Gasteiger partial charge in [-0.25, -0.2) is 4.79 Å². The van der Waals surface area contributed by atoms with Crippen LogP contribution in [-0.2, 0) is 11.0 Å². The highest BCUT2D eigenvalue weighted by molar-refractivity contribution is 7.15. The fourth-order valence-corrected chi connectivity index (χ4v) is 2.62. The number of ether oxygens (including phenoxy) is 1. The van der Waals surface area contributed by atoms with E-state index >= 15 is 0 Å². The lowest BCUT2D eigenvalue weighted by molar-refractivity contribution is -0.140. The number of thiophene rings is 1. The normalized spacial score (nSPS) is 11.4. The summed E-state index contributed by atoms with van der Waals surface area (Å²) >= 11 is 7.10.